The molecule has 3 heterocycles. The molecule has 4 nitrogen and oxygen atoms in total. The lowest BCUT2D eigenvalue weighted by Crippen LogP contribution is -2.35. The molecule has 0 radical (unpaired) electrons. The maximum atomic E-state index is 13.0. The van der Waals surface area contributed by atoms with Crippen LogP contribution in [0.4, 0.5) is 5.69 Å². The molecule has 0 aromatic heterocycles. The smallest absolute Gasteiger partial charge is 0.227 e. The summed E-state index contributed by atoms with van der Waals surface area (Å²) in [5, 5.41) is 0.862. The Labute approximate surface area is 195 Å². The van der Waals surface area contributed by atoms with E-state index >= 15 is 0 Å². The number of benzene rings is 2. The number of Topliss-reactive ketones (excluding diaryl/α,β-unsaturated/α-hetero) is 1. The lowest BCUT2D eigenvalue weighted by atomic mass is 9.89. The van der Waals surface area contributed by atoms with Gasteiger partial charge in [-0.15, -0.1) is 0 Å². The average Bonchev–Trinajstić information content (AvgIpc) is 3.25. The van der Waals surface area contributed by atoms with Gasteiger partial charge in [0.1, 0.15) is 0 Å². The van der Waals surface area contributed by atoms with Gasteiger partial charge in [-0.2, -0.15) is 0 Å². The molecule has 1 saturated heterocycles. The van der Waals surface area contributed by atoms with Crippen molar-refractivity contribution in [2.75, 3.05) is 31.1 Å². The van der Waals surface area contributed by atoms with Gasteiger partial charge in [-0.25, -0.2) is 0 Å². The number of rotatable bonds is 7. The number of likely N-dealkylation sites (tertiary alicyclic amines) is 1. The highest BCUT2D eigenvalue weighted by molar-refractivity contribution is 6.31. The van der Waals surface area contributed by atoms with E-state index in [0.29, 0.717) is 18.8 Å². The van der Waals surface area contributed by atoms with Gasteiger partial charge in [-0.05, 0) is 92.4 Å². The van der Waals surface area contributed by atoms with Crippen molar-refractivity contribution in [2.24, 2.45) is 5.92 Å². The summed E-state index contributed by atoms with van der Waals surface area (Å²) in [6, 6.07) is 12.2. The van der Waals surface area contributed by atoms with Gasteiger partial charge in [0.25, 0.3) is 0 Å². The van der Waals surface area contributed by atoms with Gasteiger partial charge in [0.2, 0.25) is 5.91 Å². The number of nitrogens with zero attached hydrogens (tertiary/aromatic N) is 2. The highest BCUT2D eigenvalue weighted by atomic mass is 35.5. The van der Waals surface area contributed by atoms with Crippen molar-refractivity contribution in [2.45, 2.75) is 51.4 Å². The van der Waals surface area contributed by atoms with E-state index in [-0.39, 0.29) is 11.7 Å². The molecule has 5 heteroatoms. The first-order valence-corrected chi connectivity index (χ1v) is 12.4. The number of hydrogen-bond donors (Lipinski definition) is 0. The number of halogens is 1. The maximum absolute atomic E-state index is 13.0. The molecule has 1 amide bonds. The highest BCUT2D eigenvalue weighted by Gasteiger charge is 2.32. The Kier molecular flexibility index (Phi) is 6.34. The second-order valence-electron chi connectivity index (χ2n) is 9.53. The van der Waals surface area contributed by atoms with Gasteiger partial charge in [0, 0.05) is 36.5 Å². The van der Waals surface area contributed by atoms with Crippen LogP contribution in [0.1, 0.15) is 59.2 Å². The number of piperidine rings is 1. The normalized spacial score (nSPS) is 18.8. The first kappa shape index (κ1) is 21.7. The Balaban J connectivity index is 1.11. The lowest BCUT2D eigenvalue weighted by molar-refractivity contribution is -0.118. The molecule has 3 aliphatic heterocycles. The third-order valence-electron chi connectivity index (χ3n) is 7.52. The van der Waals surface area contributed by atoms with E-state index in [4.69, 9.17) is 11.6 Å². The van der Waals surface area contributed by atoms with Crippen LogP contribution in [0.2, 0.25) is 5.02 Å². The number of ketones is 1. The zero-order chi connectivity index (χ0) is 22.1. The Morgan fingerprint density at radius 1 is 1.00 bits per heavy atom. The number of carbonyl (C=O) groups is 2. The number of carbonyl (C=O) groups excluding carboxylic acids is 2. The number of amides is 1. The van der Waals surface area contributed by atoms with Gasteiger partial charge in [-0.3, -0.25) is 9.59 Å². The third kappa shape index (κ3) is 4.49. The van der Waals surface area contributed by atoms with Crippen LogP contribution < -0.4 is 4.90 Å². The molecule has 3 aliphatic rings. The van der Waals surface area contributed by atoms with E-state index in [2.05, 4.69) is 29.2 Å². The van der Waals surface area contributed by atoms with Crippen LogP contribution in [0.25, 0.3) is 0 Å². The zero-order valence-electron chi connectivity index (χ0n) is 18.6. The van der Waals surface area contributed by atoms with Crippen LogP contribution in [0, 0.1) is 5.92 Å². The molecule has 2 aromatic carbocycles. The van der Waals surface area contributed by atoms with Crippen LogP contribution in [0.3, 0.4) is 0 Å². The monoisotopic (exact) mass is 450 g/mol. The third-order valence-corrected chi connectivity index (χ3v) is 7.88. The van der Waals surface area contributed by atoms with E-state index < -0.39 is 0 Å². The van der Waals surface area contributed by atoms with Gasteiger partial charge < -0.3 is 9.80 Å². The quantitative estimate of drug-likeness (QED) is 0.551. The highest BCUT2D eigenvalue weighted by Crippen LogP contribution is 2.38. The predicted molar refractivity (Wildman–Crippen MR) is 129 cm³/mol. The van der Waals surface area contributed by atoms with Crippen LogP contribution in [-0.2, 0) is 24.1 Å². The zero-order valence-corrected chi connectivity index (χ0v) is 19.4. The molecular weight excluding hydrogens is 420 g/mol. The van der Waals surface area contributed by atoms with Crippen LogP contribution in [0.15, 0.2) is 36.4 Å². The molecule has 0 spiro atoms. The fraction of sp³-hybridized carbons (Fsp3) is 0.481. The molecule has 2 aromatic rings. The molecule has 0 N–H and O–H groups in total. The summed E-state index contributed by atoms with van der Waals surface area (Å²) in [5.74, 6) is 1.13. The molecule has 32 heavy (non-hydrogen) atoms. The summed E-state index contributed by atoms with van der Waals surface area (Å²) >= 11 is 6.29. The van der Waals surface area contributed by atoms with Crippen molar-refractivity contribution in [1.82, 2.24) is 4.90 Å². The molecular formula is C27H31ClN2O2. The molecule has 5 rings (SSSR count). The Morgan fingerprint density at radius 3 is 2.53 bits per heavy atom. The minimum atomic E-state index is 0.230. The summed E-state index contributed by atoms with van der Waals surface area (Å²) in [4.78, 5) is 29.5. The van der Waals surface area contributed by atoms with E-state index in [1.807, 2.05) is 17.0 Å². The van der Waals surface area contributed by atoms with E-state index in [1.165, 1.54) is 29.5 Å². The fourth-order valence-electron chi connectivity index (χ4n) is 5.58. The van der Waals surface area contributed by atoms with Crippen LogP contribution in [0.5, 0.6) is 0 Å². The van der Waals surface area contributed by atoms with Crippen molar-refractivity contribution in [1.29, 1.82) is 0 Å². The van der Waals surface area contributed by atoms with Crippen molar-refractivity contribution >= 4 is 29.0 Å². The summed E-state index contributed by atoms with van der Waals surface area (Å²) < 4.78 is 0. The number of aryl methyl sites for hydroxylation is 1. The standard InChI is InChI=1S/C27H31ClN2O2/c28-24-4-2-1-3-20(24)11-15-29-13-9-19(10-14-29)5-7-25(31)23-17-21-6-8-26(32)30-16-12-22(18-23)27(21)30/h1-4,17-19H,5-16H2. The molecule has 0 unspecified atom stereocenters. The van der Waals surface area contributed by atoms with Crippen LogP contribution in [-0.4, -0.2) is 42.8 Å². The van der Waals surface area contributed by atoms with Gasteiger partial charge in [-0.1, -0.05) is 29.8 Å². The molecule has 0 bridgehead atoms. The van der Waals surface area contributed by atoms with E-state index in [9.17, 15) is 9.59 Å². The molecule has 1 fully saturated rings. The number of anilines is 1. The van der Waals surface area contributed by atoms with E-state index in [1.54, 1.807) is 0 Å². The molecule has 168 valence electrons. The summed E-state index contributed by atoms with van der Waals surface area (Å²) in [5.41, 5.74) is 5.55. The minimum absolute atomic E-state index is 0.230. The molecule has 0 atom stereocenters. The Bertz CT molecular complexity index is 1030. The second-order valence-corrected chi connectivity index (χ2v) is 9.93. The van der Waals surface area contributed by atoms with Crippen molar-refractivity contribution in [3.05, 3.63) is 63.7 Å². The van der Waals surface area contributed by atoms with E-state index in [0.717, 1.165) is 68.1 Å². The fourth-order valence-corrected chi connectivity index (χ4v) is 5.81. The average molecular weight is 451 g/mol. The predicted octanol–water partition coefficient (Wildman–Crippen LogP) is 5.09. The van der Waals surface area contributed by atoms with Gasteiger partial charge >= 0.3 is 0 Å². The van der Waals surface area contributed by atoms with Gasteiger partial charge in [0.15, 0.2) is 5.78 Å². The molecule has 0 saturated carbocycles. The van der Waals surface area contributed by atoms with Crippen LogP contribution >= 0.6 is 11.6 Å². The topological polar surface area (TPSA) is 40.6 Å². The minimum Gasteiger partial charge on any atom is -0.312 e. The Hall–Kier alpha value is -2.17. The first-order chi connectivity index (χ1) is 15.6. The van der Waals surface area contributed by atoms with Crippen molar-refractivity contribution in [3.8, 4) is 0 Å². The summed E-state index contributed by atoms with van der Waals surface area (Å²) in [7, 11) is 0. The summed E-state index contributed by atoms with van der Waals surface area (Å²) in [6.07, 6.45) is 7.16. The molecule has 0 aliphatic carbocycles. The first-order valence-electron chi connectivity index (χ1n) is 12.0. The van der Waals surface area contributed by atoms with Crippen molar-refractivity contribution < 1.29 is 9.59 Å². The SMILES string of the molecule is O=C(CCC1CCN(CCc2ccccc2Cl)CC1)c1cc2c3c(c1)CCN3C(=O)CC2. The maximum Gasteiger partial charge on any atom is 0.227 e. The second kappa shape index (κ2) is 9.36. The van der Waals surface area contributed by atoms with Crippen molar-refractivity contribution in [3.63, 3.8) is 0 Å². The van der Waals surface area contributed by atoms with Gasteiger partial charge in [0.05, 0.1) is 5.69 Å². The Morgan fingerprint density at radius 2 is 1.75 bits per heavy atom. The lowest BCUT2D eigenvalue weighted by Gasteiger charge is -2.32. The number of hydrogen-bond acceptors (Lipinski definition) is 3. The summed E-state index contributed by atoms with van der Waals surface area (Å²) in [6.45, 7) is 4.03. The largest absolute Gasteiger partial charge is 0.312 e.